The standard InChI is InChI=1S/C17H27N3O/c1-21-17(12-19-11-14-4-3-9-18-10-14)13-20-15-5-2-6-16(20)8-7-15/h3-4,9-10,15-17,19H,2,5-8,11-13H2,1H3/t15-,16+,17?. The second-order valence-corrected chi connectivity index (χ2v) is 6.36. The van der Waals surface area contributed by atoms with E-state index in [1.54, 1.807) is 0 Å². The van der Waals surface area contributed by atoms with Crippen molar-refractivity contribution < 1.29 is 4.74 Å². The molecule has 3 atom stereocenters. The van der Waals surface area contributed by atoms with Crippen molar-refractivity contribution in [1.29, 1.82) is 0 Å². The molecule has 2 aliphatic heterocycles. The molecule has 0 spiro atoms. The van der Waals surface area contributed by atoms with Crippen LogP contribution in [0.15, 0.2) is 24.5 Å². The maximum Gasteiger partial charge on any atom is 0.0822 e. The van der Waals surface area contributed by atoms with Crippen LogP contribution in [0.1, 0.15) is 37.7 Å². The van der Waals surface area contributed by atoms with E-state index in [4.69, 9.17) is 4.74 Å². The Morgan fingerprint density at radius 1 is 1.33 bits per heavy atom. The van der Waals surface area contributed by atoms with E-state index in [0.29, 0.717) is 0 Å². The highest BCUT2D eigenvalue weighted by molar-refractivity contribution is 5.07. The quantitative estimate of drug-likeness (QED) is 0.835. The summed E-state index contributed by atoms with van der Waals surface area (Å²) >= 11 is 0. The van der Waals surface area contributed by atoms with Crippen molar-refractivity contribution in [2.24, 2.45) is 0 Å². The molecule has 116 valence electrons. The van der Waals surface area contributed by atoms with Crippen molar-refractivity contribution >= 4 is 0 Å². The number of rotatable bonds is 7. The van der Waals surface area contributed by atoms with E-state index in [-0.39, 0.29) is 6.10 Å². The van der Waals surface area contributed by atoms with Gasteiger partial charge < -0.3 is 10.1 Å². The smallest absolute Gasteiger partial charge is 0.0822 e. The van der Waals surface area contributed by atoms with Crippen molar-refractivity contribution in [3.8, 4) is 0 Å². The zero-order chi connectivity index (χ0) is 14.5. The SMILES string of the molecule is COC(CNCc1cccnc1)CN1[C@@H]2CCC[C@H]1CC2. The lowest BCUT2D eigenvalue weighted by atomic mass is 10.0. The summed E-state index contributed by atoms with van der Waals surface area (Å²) in [5.41, 5.74) is 1.23. The van der Waals surface area contributed by atoms with E-state index in [2.05, 4.69) is 21.3 Å². The van der Waals surface area contributed by atoms with Crippen LogP contribution in [0.4, 0.5) is 0 Å². The van der Waals surface area contributed by atoms with Gasteiger partial charge in [-0.15, -0.1) is 0 Å². The Balaban J connectivity index is 1.45. The Hall–Kier alpha value is -0.970. The molecule has 2 aliphatic rings. The molecule has 1 aromatic rings. The highest BCUT2D eigenvalue weighted by atomic mass is 16.5. The molecule has 0 aliphatic carbocycles. The second kappa shape index (κ2) is 7.34. The van der Waals surface area contributed by atoms with E-state index >= 15 is 0 Å². The maximum atomic E-state index is 5.70. The third-order valence-electron chi connectivity index (χ3n) is 5.02. The fourth-order valence-corrected chi connectivity index (χ4v) is 3.86. The number of ether oxygens (including phenoxy) is 1. The van der Waals surface area contributed by atoms with E-state index in [0.717, 1.165) is 31.7 Å². The summed E-state index contributed by atoms with van der Waals surface area (Å²) in [7, 11) is 1.84. The van der Waals surface area contributed by atoms with Gasteiger partial charge >= 0.3 is 0 Å². The minimum absolute atomic E-state index is 0.280. The Morgan fingerprint density at radius 3 is 2.81 bits per heavy atom. The van der Waals surface area contributed by atoms with E-state index in [1.165, 1.54) is 37.7 Å². The molecule has 3 heterocycles. The predicted molar refractivity (Wildman–Crippen MR) is 84.1 cm³/mol. The van der Waals surface area contributed by atoms with Gasteiger partial charge in [-0.05, 0) is 37.3 Å². The van der Waals surface area contributed by atoms with Crippen LogP contribution in [0.3, 0.4) is 0 Å². The van der Waals surface area contributed by atoms with Gasteiger partial charge in [0.1, 0.15) is 0 Å². The summed E-state index contributed by atoms with van der Waals surface area (Å²) < 4.78 is 5.70. The van der Waals surface area contributed by atoms with Crippen LogP contribution in [0, 0.1) is 0 Å². The highest BCUT2D eigenvalue weighted by Crippen LogP contribution is 2.35. The minimum Gasteiger partial charge on any atom is -0.379 e. The summed E-state index contributed by atoms with van der Waals surface area (Å²) in [5, 5.41) is 3.50. The molecule has 2 bridgehead atoms. The normalized spacial score (nSPS) is 26.9. The topological polar surface area (TPSA) is 37.4 Å². The first-order valence-corrected chi connectivity index (χ1v) is 8.25. The van der Waals surface area contributed by atoms with E-state index < -0.39 is 0 Å². The lowest BCUT2D eigenvalue weighted by molar-refractivity contribution is 0.0326. The molecule has 1 unspecified atom stereocenters. The van der Waals surface area contributed by atoms with E-state index in [1.807, 2.05) is 25.6 Å². The van der Waals surface area contributed by atoms with Crippen molar-refractivity contribution in [3.63, 3.8) is 0 Å². The molecule has 4 nitrogen and oxygen atoms in total. The summed E-state index contributed by atoms with van der Waals surface area (Å²) in [6.07, 6.45) is 11.0. The van der Waals surface area contributed by atoms with Crippen LogP contribution in [-0.2, 0) is 11.3 Å². The van der Waals surface area contributed by atoms with Crippen molar-refractivity contribution in [2.45, 2.75) is 56.8 Å². The third kappa shape index (κ3) is 3.82. The molecule has 0 radical (unpaired) electrons. The summed E-state index contributed by atoms with van der Waals surface area (Å²) in [6.45, 7) is 2.84. The number of pyridine rings is 1. The van der Waals surface area contributed by atoms with Gasteiger partial charge in [-0.3, -0.25) is 9.88 Å². The first-order chi connectivity index (χ1) is 10.4. The summed E-state index contributed by atoms with van der Waals surface area (Å²) in [4.78, 5) is 6.86. The summed E-state index contributed by atoms with van der Waals surface area (Å²) in [6, 6.07) is 5.72. The van der Waals surface area contributed by atoms with Gasteiger partial charge in [0.25, 0.3) is 0 Å². The van der Waals surface area contributed by atoms with Crippen LogP contribution >= 0.6 is 0 Å². The molecule has 4 heteroatoms. The van der Waals surface area contributed by atoms with Gasteiger partial charge in [0.05, 0.1) is 6.10 Å². The molecule has 2 fully saturated rings. The molecular formula is C17H27N3O. The molecule has 1 N–H and O–H groups in total. The number of nitrogens with zero attached hydrogens (tertiary/aromatic N) is 2. The second-order valence-electron chi connectivity index (χ2n) is 6.36. The number of methoxy groups -OCH3 is 1. The molecule has 0 saturated carbocycles. The lowest BCUT2D eigenvalue weighted by Gasteiger charge is -2.36. The van der Waals surface area contributed by atoms with Crippen molar-refractivity contribution in [2.75, 3.05) is 20.2 Å². The van der Waals surface area contributed by atoms with Gasteiger partial charge in [-0.1, -0.05) is 12.5 Å². The Morgan fingerprint density at radius 2 is 2.14 bits per heavy atom. The predicted octanol–water partition coefficient (Wildman–Crippen LogP) is 2.20. The van der Waals surface area contributed by atoms with Crippen LogP contribution in [-0.4, -0.2) is 48.3 Å². The van der Waals surface area contributed by atoms with Crippen molar-refractivity contribution in [1.82, 2.24) is 15.2 Å². The van der Waals surface area contributed by atoms with Gasteiger partial charge in [-0.25, -0.2) is 0 Å². The Bertz CT molecular complexity index is 409. The van der Waals surface area contributed by atoms with Gasteiger partial charge in [0, 0.05) is 51.2 Å². The summed E-state index contributed by atoms with van der Waals surface area (Å²) in [5.74, 6) is 0. The van der Waals surface area contributed by atoms with Gasteiger partial charge in [0.2, 0.25) is 0 Å². The van der Waals surface area contributed by atoms with E-state index in [9.17, 15) is 0 Å². The van der Waals surface area contributed by atoms with Gasteiger partial charge in [0.15, 0.2) is 0 Å². The molecule has 0 amide bonds. The molecule has 2 saturated heterocycles. The fraction of sp³-hybridized carbons (Fsp3) is 0.706. The number of aromatic nitrogens is 1. The monoisotopic (exact) mass is 289 g/mol. The zero-order valence-corrected chi connectivity index (χ0v) is 13.0. The maximum absolute atomic E-state index is 5.70. The van der Waals surface area contributed by atoms with Crippen molar-refractivity contribution in [3.05, 3.63) is 30.1 Å². The highest BCUT2D eigenvalue weighted by Gasteiger charge is 2.37. The van der Waals surface area contributed by atoms with Crippen LogP contribution < -0.4 is 5.32 Å². The minimum atomic E-state index is 0.280. The molecule has 1 aromatic heterocycles. The molecule has 3 rings (SSSR count). The first-order valence-electron chi connectivity index (χ1n) is 8.25. The molecule has 21 heavy (non-hydrogen) atoms. The number of hydrogen-bond acceptors (Lipinski definition) is 4. The van der Waals surface area contributed by atoms with Gasteiger partial charge in [-0.2, -0.15) is 0 Å². The average molecular weight is 289 g/mol. The Labute approximate surface area is 127 Å². The number of nitrogens with one attached hydrogen (secondary N) is 1. The number of hydrogen-bond donors (Lipinski definition) is 1. The first kappa shape index (κ1) is 14.9. The van der Waals surface area contributed by atoms with Crippen LogP contribution in [0.25, 0.3) is 0 Å². The largest absolute Gasteiger partial charge is 0.379 e. The Kier molecular flexibility index (Phi) is 5.22. The fourth-order valence-electron chi connectivity index (χ4n) is 3.86. The molecular weight excluding hydrogens is 262 g/mol. The number of piperidine rings is 1. The molecule has 0 aromatic carbocycles. The zero-order valence-electron chi connectivity index (χ0n) is 13.0. The van der Waals surface area contributed by atoms with Crippen LogP contribution in [0.5, 0.6) is 0 Å². The third-order valence-corrected chi connectivity index (χ3v) is 5.02. The average Bonchev–Trinajstić information content (AvgIpc) is 2.75. The lowest BCUT2D eigenvalue weighted by Crippen LogP contribution is -2.46. The van der Waals surface area contributed by atoms with Crippen LogP contribution in [0.2, 0.25) is 0 Å². The number of fused-ring (bicyclic) bond motifs is 2.